The van der Waals surface area contributed by atoms with E-state index in [2.05, 4.69) is 41.9 Å². The second-order valence-electron chi connectivity index (χ2n) is 7.30. The van der Waals surface area contributed by atoms with Crippen molar-refractivity contribution in [3.8, 4) is 0 Å². The van der Waals surface area contributed by atoms with Crippen molar-refractivity contribution in [2.24, 2.45) is 4.99 Å². The van der Waals surface area contributed by atoms with Crippen LogP contribution in [0.3, 0.4) is 0 Å². The number of aliphatic imine (C=N–C) groups is 1. The summed E-state index contributed by atoms with van der Waals surface area (Å²) >= 11 is 1.21. The summed E-state index contributed by atoms with van der Waals surface area (Å²) in [7, 11) is -3.54. The first-order chi connectivity index (χ1) is 13.8. The first kappa shape index (κ1) is 20.0. The molecule has 2 aromatic rings. The Hall–Kier alpha value is -2.29. The van der Waals surface area contributed by atoms with Gasteiger partial charge in [-0.3, -0.25) is 9.79 Å². The van der Waals surface area contributed by atoms with Gasteiger partial charge in [-0.05, 0) is 55.3 Å². The third-order valence-corrected chi connectivity index (χ3v) is 8.68. The number of anilines is 1. The van der Waals surface area contributed by atoms with Gasteiger partial charge in [-0.2, -0.15) is 4.31 Å². The van der Waals surface area contributed by atoms with Crippen molar-refractivity contribution in [1.82, 2.24) is 4.31 Å². The predicted octanol–water partition coefficient (Wildman–Crippen LogP) is 2.80. The molecular formula is C21H23N3O3S2. The van der Waals surface area contributed by atoms with E-state index in [0.29, 0.717) is 36.1 Å². The highest BCUT2D eigenvalue weighted by Gasteiger charge is 2.30. The number of hydrogen-bond acceptors (Lipinski definition) is 6. The van der Waals surface area contributed by atoms with Crippen LogP contribution in [0.25, 0.3) is 0 Å². The van der Waals surface area contributed by atoms with Crippen LogP contribution in [0, 0.1) is 13.8 Å². The normalized spacial score (nSPS) is 18.2. The number of allylic oxidation sites excluding steroid dienone is 1. The van der Waals surface area contributed by atoms with Crippen LogP contribution in [0.4, 0.5) is 5.69 Å². The van der Waals surface area contributed by atoms with E-state index < -0.39 is 10.0 Å². The Morgan fingerprint density at radius 3 is 2.45 bits per heavy atom. The largest absolute Gasteiger partial charge is 0.369 e. The second-order valence-corrected chi connectivity index (χ2v) is 10.5. The van der Waals surface area contributed by atoms with Crippen LogP contribution in [-0.2, 0) is 14.8 Å². The molecule has 0 atom stereocenters. The number of carbonyl (C=O) groups excluding carboxylic acids is 1. The molecule has 3 heterocycles. The van der Waals surface area contributed by atoms with Gasteiger partial charge >= 0.3 is 0 Å². The zero-order valence-electron chi connectivity index (χ0n) is 16.5. The molecule has 0 radical (unpaired) electrons. The fourth-order valence-corrected chi connectivity index (χ4v) is 6.42. The standard InChI is InChI=1S/C21H23N3O3S2/c1-15-3-4-16(2)19(13-15)23-9-11-24(12-10-23)29(26,27)21-8-7-20(28-21)18-6-5-17(25)14-22-18/h3-8,13H,9-12,14H2,1-2H3. The monoisotopic (exact) mass is 429 g/mol. The minimum Gasteiger partial charge on any atom is -0.369 e. The molecule has 6 nitrogen and oxygen atoms in total. The van der Waals surface area contributed by atoms with Gasteiger partial charge in [0.05, 0.1) is 10.6 Å². The van der Waals surface area contributed by atoms with E-state index >= 15 is 0 Å². The number of dihydropyridines is 1. The Labute approximate surface area is 175 Å². The van der Waals surface area contributed by atoms with Crippen LogP contribution in [0.2, 0.25) is 0 Å². The molecule has 8 heteroatoms. The topological polar surface area (TPSA) is 70.1 Å². The summed E-state index contributed by atoms with van der Waals surface area (Å²) in [5, 5.41) is 0. The van der Waals surface area contributed by atoms with E-state index in [1.807, 2.05) is 0 Å². The van der Waals surface area contributed by atoms with Gasteiger partial charge in [0, 0.05) is 31.9 Å². The molecule has 0 saturated carbocycles. The molecule has 1 aromatic carbocycles. The lowest BCUT2D eigenvalue weighted by atomic mass is 10.1. The van der Waals surface area contributed by atoms with Gasteiger partial charge in [0.25, 0.3) is 10.0 Å². The maximum atomic E-state index is 13.1. The van der Waals surface area contributed by atoms with Crippen molar-refractivity contribution < 1.29 is 13.2 Å². The zero-order valence-corrected chi connectivity index (χ0v) is 18.1. The average Bonchev–Trinajstić information content (AvgIpc) is 3.22. The Morgan fingerprint density at radius 1 is 1.00 bits per heavy atom. The van der Waals surface area contributed by atoms with Gasteiger partial charge in [0.2, 0.25) is 0 Å². The number of sulfonamides is 1. The number of piperazine rings is 1. The first-order valence-electron chi connectivity index (χ1n) is 9.52. The van der Waals surface area contributed by atoms with Crippen molar-refractivity contribution in [2.75, 3.05) is 37.6 Å². The molecule has 1 saturated heterocycles. The Kier molecular flexibility index (Phi) is 5.42. The first-order valence-corrected chi connectivity index (χ1v) is 11.8. The summed E-state index contributed by atoms with van der Waals surface area (Å²) in [6.07, 6.45) is 3.14. The summed E-state index contributed by atoms with van der Waals surface area (Å²) in [6.45, 7) is 6.52. The van der Waals surface area contributed by atoms with Crippen molar-refractivity contribution in [3.63, 3.8) is 0 Å². The smallest absolute Gasteiger partial charge is 0.252 e. The number of thiophene rings is 1. The van der Waals surface area contributed by atoms with Gasteiger partial charge in [-0.25, -0.2) is 8.42 Å². The lowest BCUT2D eigenvalue weighted by Crippen LogP contribution is -2.48. The number of aryl methyl sites for hydroxylation is 2. The Bertz CT molecular complexity index is 1110. The van der Waals surface area contributed by atoms with Crippen molar-refractivity contribution >= 4 is 38.5 Å². The Balaban J connectivity index is 1.48. The fraction of sp³-hybridized carbons (Fsp3) is 0.333. The molecule has 0 bridgehead atoms. The van der Waals surface area contributed by atoms with Crippen molar-refractivity contribution in [2.45, 2.75) is 18.1 Å². The zero-order chi connectivity index (χ0) is 20.6. The molecule has 2 aliphatic rings. The SMILES string of the molecule is Cc1ccc(C)c(N2CCN(S(=O)(=O)c3ccc(C4=NCC(=O)C=C4)s3)CC2)c1. The minimum atomic E-state index is -3.54. The highest BCUT2D eigenvalue weighted by Crippen LogP contribution is 2.29. The summed E-state index contributed by atoms with van der Waals surface area (Å²) in [4.78, 5) is 18.5. The molecule has 4 rings (SSSR count). The molecule has 0 amide bonds. The van der Waals surface area contributed by atoms with Gasteiger partial charge in [-0.1, -0.05) is 12.1 Å². The lowest BCUT2D eigenvalue weighted by molar-refractivity contribution is -0.113. The van der Waals surface area contributed by atoms with E-state index in [1.54, 1.807) is 22.5 Å². The van der Waals surface area contributed by atoms with E-state index in [4.69, 9.17) is 0 Å². The van der Waals surface area contributed by atoms with E-state index in [-0.39, 0.29) is 12.3 Å². The highest BCUT2D eigenvalue weighted by atomic mass is 32.2. The third kappa shape index (κ3) is 4.05. The molecule has 0 spiro atoms. The molecular weight excluding hydrogens is 406 g/mol. The van der Waals surface area contributed by atoms with E-state index in [9.17, 15) is 13.2 Å². The summed E-state index contributed by atoms with van der Waals surface area (Å²) in [5.74, 6) is -0.0418. The second kappa shape index (κ2) is 7.85. The summed E-state index contributed by atoms with van der Waals surface area (Å²) < 4.78 is 28.1. The molecule has 0 aliphatic carbocycles. The van der Waals surface area contributed by atoms with E-state index in [1.165, 1.54) is 34.2 Å². The van der Waals surface area contributed by atoms with Crippen LogP contribution in [0.1, 0.15) is 16.0 Å². The van der Waals surface area contributed by atoms with E-state index in [0.717, 1.165) is 4.88 Å². The van der Waals surface area contributed by atoms with Crippen LogP contribution >= 0.6 is 11.3 Å². The third-order valence-electron chi connectivity index (χ3n) is 5.20. The number of ketones is 1. The number of carbonyl (C=O) groups is 1. The summed E-state index contributed by atoms with van der Waals surface area (Å²) in [5.41, 5.74) is 4.25. The molecule has 152 valence electrons. The lowest BCUT2D eigenvalue weighted by Gasteiger charge is -2.36. The molecule has 1 fully saturated rings. The number of hydrogen-bond donors (Lipinski definition) is 0. The highest BCUT2D eigenvalue weighted by molar-refractivity contribution is 7.91. The maximum absolute atomic E-state index is 13.1. The predicted molar refractivity (Wildman–Crippen MR) is 117 cm³/mol. The average molecular weight is 430 g/mol. The van der Waals surface area contributed by atoms with Gasteiger partial charge in [0.15, 0.2) is 5.78 Å². The van der Waals surface area contributed by atoms with Crippen molar-refractivity contribution in [1.29, 1.82) is 0 Å². The van der Waals surface area contributed by atoms with Crippen LogP contribution < -0.4 is 4.90 Å². The van der Waals surface area contributed by atoms with Crippen molar-refractivity contribution in [3.05, 3.63) is 58.5 Å². The van der Waals surface area contributed by atoms with Gasteiger partial charge < -0.3 is 4.90 Å². The minimum absolute atomic E-state index is 0.0418. The van der Waals surface area contributed by atoms with Crippen LogP contribution in [-0.4, -0.2) is 56.9 Å². The van der Waals surface area contributed by atoms with Gasteiger partial charge in [-0.15, -0.1) is 11.3 Å². The van der Waals surface area contributed by atoms with Crippen LogP contribution in [0.5, 0.6) is 0 Å². The molecule has 2 aliphatic heterocycles. The van der Waals surface area contributed by atoms with Gasteiger partial charge in [0.1, 0.15) is 10.8 Å². The fourth-order valence-electron chi connectivity index (χ4n) is 3.55. The molecule has 1 aromatic heterocycles. The Morgan fingerprint density at radius 2 is 1.76 bits per heavy atom. The molecule has 0 N–H and O–H groups in total. The quantitative estimate of drug-likeness (QED) is 0.749. The summed E-state index contributed by atoms with van der Waals surface area (Å²) in [6, 6.07) is 9.77. The maximum Gasteiger partial charge on any atom is 0.252 e. The number of nitrogens with zero attached hydrogens (tertiary/aromatic N) is 3. The molecule has 29 heavy (non-hydrogen) atoms. The van der Waals surface area contributed by atoms with Crippen LogP contribution in [0.15, 0.2) is 51.7 Å². The molecule has 0 unspecified atom stereocenters. The number of benzene rings is 1. The number of rotatable bonds is 4.